The van der Waals surface area contributed by atoms with Gasteiger partial charge in [-0.05, 0) is 78.5 Å². The molecule has 0 N–H and O–H groups in total. The molecule has 1 amide bonds. The molecule has 160 valence electrons. The van der Waals surface area contributed by atoms with Crippen LogP contribution in [0.5, 0.6) is 0 Å². The molecule has 0 spiro atoms. The van der Waals surface area contributed by atoms with E-state index in [1.807, 2.05) is 30.1 Å². The van der Waals surface area contributed by atoms with Crippen molar-refractivity contribution in [2.24, 2.45) is 4.99 Å². The number of carbonyl (C=O) groups is 1. The van der Waals surface area contributed by atoms with Crippen LogP contribution >= 0.6 is 35.1 Å². The van der Waals surface area contributed by atoms with E-state index in [0.29, 0.717) is 26.5 Å². The van der Waals surface area contributed by atoms with Gasteiger partial charge in [0.25, 0.3) is 5.91 Å². The van der Waals surface area contributed by atoms with Gasteiger partial charge in [-0.3, -0.25) is 9.69 Å². The first-order valence-electron chi connectivity index (χ1n) is 9.48. The van der Waals surface area contributed by atoms with E-state index >= 15 is 0 Å². The molecular weight excluding hydrogens is 472 g/mol. The second-order valence-electron chi connectivity index (χ2n) is 7.00. The number of carbonyl (C=O) groups excluding carboxylic acids is 1. The number of fused-ring (bicyclic) bond motifs is 1. The molecule has 0 unspecified atom stereocenters. The zero-order valence-electron chi connectivity index (χ0n) is 16.6. The molecule has 0 aromatic heterocycles. The summed E-state index contributed by atoms with van der Waals surface area (Å²) in [4.78, 5) is 23.0. The summed E-state index contributed by atoms with van der Waals surface area (Å²) >= 11 is 8.86. The van der Waals surface area contributed by atoms with Crippen LogP contribution in [0.15, 0.2) is 86.6 Å². The van der Waals surface area contributed by atoms with E-state index in [2.05, 4.69) is 4.99 Å². The summed E-state index contributed by atoms with van der Waals surface area (Å²) in [5.41, 5.74) is 1.91. The lowest BCUT2D eigenvalue weighted by atomic mass is 10.2. The Hall–Kier alpha value is -2.81. The number of nitrogens with zero attached hydrogens (tertiary/aromatic N) is 3. The van der Waals surface area contributed by atoms with Crippen molar-refractivity contribution in [2.45, 2.75) is 4.90 Å². The molecule has 3 aromatic carbocycles. The van der Waals surface area contributed by atoms with E-state index in [9.17, 15) is 13.6 Å². The van der Waals surface area contributed by atoms with Gasteiger partial charge in [-0.15, -0.1) is 0 Å². The highest BCUT2D eigenvalue weighted by molar-refractivity contribution is 8.20. The molecule has 4 nitrogen and oxygen atoms in total. The maximum Gasteiger partial charge on any atom is 0.274 e. The third-order valence-corrected chi connectivity index (χ3v) is 7.54. The largest absolute Gasteiger partial charge is 0.337 e. The second-order valence-corrected chi connectivity index (χ2v) is 9.44. The van der Waals surface area contributed by atoms with Gasteiger partial charge in [-0.2, -0.15) is 0 Å². The van der Waals surface area contributed by atoms with Crippen LogP contribution in [0.25, 0.3) is 0 Å². The number of amidine groups is 1. The third-order valence-electron chi connectivity index (χ3n) is 4.91. The quantitative estimate of drug-likeness (QED) is 0.374. The van der Waals surface area contributed by atoms with Crippen LogP contribution in [0.2, 0.25) is 5.02 Å². The predicted molar refractivity (Wildman–Crippen MR) is 128 cm³/mol. The van der Waals surface area contributed by atoms with Crippen molar-refractivity contribution >= 4 is 63.3 Å². The molecular formula is C23H14ClF2N3OS2. The number of thioether (sulfide) groups is 2. The Balaban J connectivity index is 1.60. The molecule has 1 saturated heterocycles. The lowest BCUT2D eigenvalue weighted by molar-refractivity contribution is -0.113. The van der Waals surface area contributed by atoms with Crippen LogP contribution in [-0.4, -0.2) is 18.1 Å². The Morgan fingerprint density at radius 1 is 0.906 bits per heavy atom. The maximum atomic E-state index is 13.5. The normalized spacial score (nSPS) is 19.2. The van der Waals surface area contributed by atoms with Gasteiger partial charge in [0.05, 0.1) is 22.1 Å². The number of hydrogen-bond donors (Lipinski definition) is 0. The SMILES string of the molecule is CN1C(=C2SC(=Nc3ccc(F)cc3)N(c3ccc(F)cc3)C2=O)Sc2ccc(Cl)cc21. The van der Waals surface area contributed by atoms with Crippen LogP contribution in [0.3, 0.4) is 0 Å². The molecule has 2 aliphatic rings. The minimum absolute atomic E-state index is 0.268. The zero-order chi connectivity index (χ0) is 22.4. The van der Waals surface area contributed by atoms with Crippen molar-refractivity contribution < 1.29 is 13.6 Å². The first-order valence-corrected chi connectivity index (χ1v) is 11.5. The number of anilines is 2. The first kappa shape index (κ1) is 21.1. The van der Waals surface area contributed by atoms with Crippen molar-refractivity contribution in [1.82, 2.24) is 0 Å². The molecule has 0 aliphatic carbocycles. The molecule has 0 atom stereocenters. The van der Waals surface area contributed by atoms with E-state index < -0.39 is 5.82 Å². The van der Waals surface area contributed by atoms with Crippen molar-refractivity contribution in [3.8, 4) is 0 Å². The van der Waals surface area contributed by atoms with Gasteiger partial charge in [0.2, 0.25) is 0 Å². The second kappa shape index (κ2) is 8.27. The fraction of sp³-hybridized carbons (Fsp3) is 0.0435. The van der Waals surface area contributed by atoms with E-state index in [1.54, 1.807) is 0 Å². The fourth-order valence-corrected chi connectivity index (χ4v) is 5.83. The molecule has 0 radical (unpaired) electrons. The van der Waals surface area contributed by atoms with Crippen LogP contribution in [0.4, 0.5) is 25.8 Å². The summed E-state index contributed by atoms with van der Waals surface area (Å²) in [6.45, 7) is 0. The van der Waals surface area contributed by atoms with Crippen molar-refractivity contribution in [2.75, 3.05) is 16.8 Å². The molecule has 2 aliphatic heterocycles. The van der Waals surface area contributed by atoms with E-state index in [-0.39, 0.29) is 11.7 Å². The summed E-state index contributed by atoms with van der Waals surface area (Å²) in [5.74, 6) is -1.04. The first-order chi connectivity index (χ1) is 15.4. The van der Waals surface area contributed by atoms with E-state index in [4.69, 9.17) is 11.6 Å². The average Bonchev–Trinajstić information content (AvgIpc) is 3.27. The van der Waals surface area contributed by atoms with Gasteiger partial charge < -0.3 is 4.90 Å². The highest BCUT2D eigenvalue weighted by Gasteiger charge is 2.40. The molecule has 32 heavy (non-hydrogen) atoms. The van der Waals surface area contributed by atoms with Gasteiger partial charge >= 0.3 is 0 Å². The van der Waals surface area contributed by atoms with Gasteiger partial charge in [0, 0.05) is 17.0 Å². The fourth-order valence-electron chi connectivity index (χ4n) is 3.34. The minimum Gasteiger partial charge on any atom is -0.337 e. The number of benzene rings is 3. The highest BCUT2D eigenvalue weighted by Crippen LogP contribution is 2.51. The van der Waals surface area contributed by atoms with Crippen LogP contribution < -0.4 is 9.80 Å². The zero-order valence-corrected chi connectivity index (χ0v) is 18.9. The molecule has 3 aromatic rings. The van der Waals surface area contributed by atoms with Crippen LogP contribution in [0, 0.1) is 11.6 Å². The standard InChI is InChI=1S/C23H14ClF2N3OS2/c1-28-18-12-13(24)2-11-19(18)31-22(28)20-21(30)29(17-9-5-15(26)6-10-17)23(32-20)27-16-7-3-14(25)4-8-16/h2-12H,1H3. The summed E-state index contributed by atoms with van der Waals surface area (Å²) in [7, 11) is 1.88. The lowest BCUT2D eigenvalue weighted by Gasteiger charge is -2.17. The molecule has 0 saturated carbocycles. The monoisotopic (exact) mass is 485 g/mol. The van der Waals surface area contributed by atoms with Gasteiger partial charge in [-0.1, -0.05) is 23.4 Å². The Labute approximate surface area is 196 Å². The molecule has 9 heteroatoms. The van der Waals surface area contributed by atoms with Crippen molar-refractivity contribution in [3.05, 3.63) is 93.3 Å². The van der Waals surface area contributed by atoms with E-state index in [0.717, 1.165) is 15.6 Å². The lowest BCUT2D eigenvalue weighted by Crippen LogP contribution is -2.29. The van der Waals surface area contributed by atoms with Gasteiger partial charge in [0.15, 0.2) is 5.17 Å². The summed E-state index contributed by atoms with van der Waals surface area (Å²) < 4.78 is 26.8. The predicted octanol–water partition coefficient (Wildman–Crippen LogP) is 6.80. The Morgan fingerprint density at radius 3 is 2.25 bits per heavy atom. The number of hydrogen-bond acceptors (Lipinski definition) is 5. The highest BCUT2D eigenvalue weighted by atomic mass is 35.5. The Kier molecular flexibility index (Phi) is 5.44. The van der Waals surface area contributed by atoms with Gasteiger partial charge in [0.1, 0.15) is 16.5 Å². The number of aliphatic imine (C=N–C) groups is 1. The topological polar surface area (TPSA) is 35.9 Å². The van der Waals surface area contributed by atoms with Crippen LogP contribution in [0.1, 0.15) is 0 Å². The summed E-state index contributed by atoms with van der Waals surface area (Å²) in [5, 5.41) is 1.77. The maximum absolute atomic E-state index is 13.5. The number of rotatable bonds is 2. The van der Waals surface area contributed by atoms with Crippen molar-refractivity contribution in [1.29, 1.82) is 0 Å². The summed E-state index contributed by atoms with van der Waals surface area (Å²) in [6.07, 6.45) is 0. The molecule has 0 bridgehead atoms. The molecule has 1 fully saturated rings. The third kappa shape index (κ3) is 3.79. The Bertz CT molecular complexity index is 1290. The number of halogens is 3. The molecule has 2 heterocycles. The van der Waals surface area contributed by atoms with E-state index in [1.165, 1.54) is 77.0 Å². The van der Waals surface area contributed by atoms with Crippen LogP contribution in [-0.2, 0) is 4.79 Å². The minimum atomic E-state index is -0.401. The Morgan fingerprint density at radius 2 is 1.56 bits per heavy atom. The van der Waals surface area contributed by atoms with Gasteiger partial charge in [-0.25, -0.2) is 13.8 Å². The summed E-state index contributed by atoms with van der Waals surface area (Å²) in [6, 6.07) is 16.9. The average molecular weight is 486 g/mol. The smallest absolute Gasteiger partial charge is 0.274 e. The van der Waals surface area contributed by atoms with Crippen molar-refractivity contribution in [3.63, 3.8) is 0 Å². The molecule has 5 rings (SSSR count). The number of amides is 1.